The number of benzene rings is 3. The van der Waals surface area contributed by atoms with Crippen LogP contribution in [0.15, 0.2) is 72.8 Å². The summed E-state index contributed by atoms with van der Waals surface area (Å²) in [6, 6.07) is 20.5. The fourth-order valence-corrected chi connectivity index (χ4v) is 5.77. The maximum Gasteiger partial charge on any atom is 0.319 e. The van der Waals surface area contributed by atoms with Crippen LogP contribution in [0.25, 0.3) is 5.57 Å². The van der Waals surface area contributed by atoms with Gasteiger partial charge in [-0.2, -0.15) is 0 Å². The molecule has 180 valence electrons. The molecule has 3 aliphatic rings. The third kappa shape index (κ3) is 3.28. The lowest BCUT2D eigenvalue weighted by Gasteiger charge is -2.38. The fraction of sp³-hybridized carbons (Fsp3) is 0.233. The Labute approximate surface area is 209 Å². The van der Waals surface area contributed by atoms with E-state index in [9.17, 15) is 14.4 Å². The average molecular weight is 480 g/mol. The van der Waals surface area contributed by atoms with Crippen LogP contribution < -0.4 is 14.4 Å². The molecule has 0 radical (unpaired) electrons. The van der Waals surface area contributed by atoms with E-state index in [0.29, 0.717) is 17.2 Å². The van der Waals surface area contributed by atoms with Crippen LogP contribution in [0.1, 0.15) is 28.2 Å². The van der Waals surface area contributed by atoms with Gasteiger partial charge in [-0.05, 0) is 60.9 Å². The van der Waals surface area contributed by atoms with E-state index in [0.717, 1.165) is 27.8 Å². The van der Waals surface area contributed by atoms with Crippen LogP contribution in [0.2, 0.25) is 0 Å². The van der Waals surface area contributed by atoms with E-state index < -0.39 is 23.7 Å². The van der Waals surface area contributed by atoms with Gasteiger partial charge < -0.3 is 9.47 Å². The first-order valence-electron chi connectivity index (χ1n) is 12.0. The Kier molecular flexibility index (Phi) is 5.07. The van der Waals surface area contributed by atoms with Crippen molar-refractivity contribution >= 4 is 29.0 Å². The number of anilines is 1. The molecule has 1 saturated heterocycles. The predicted octanol–water partition coefficient (Wildman–Crippen LogP) is 4.83. The lowest BCUT2D eigenvalue weighted by Crippen LogP contribution is -2.42. The lowest BCUT2D eigenvalue weighted by atomic mass is 9.64. The Morgan fingerprint density at radius 1 is 0.806 bits per heavy atom. The molecule has 2 heterocycles. The number of carbonyl (C=O) groups is 3. The summed E-state index contributed by atoms with van der Waals surface area (Å²) in [4.78, 5) is 42.4. The fourth-order valence-electron chi connectivity index (χ4n) is 5.77. The minimum Gasteiger partial charge on any atom is -0.497 e. The van der Waals surface area contributed by atoms with Gasteiger partial charge in [-0.15, -0.1) is 0 Å². The average Bonchev–Trinajstić information content (AvgIpc) is 3.14. The van der Waals surface area contributed by atoms with Crippen LogP contribution in [-0.2, 0) is 14.4 Å². The summed E-state index contributed by atoms with van der Waals surface area (Å²) < 4.78 is 11.0. The maximum atomic E-state index is 13.9. The highest BCUT2D eigenvalue weighted by molar-refractivity contribution is 6.24. The van der Waals surface area contributed by atoms with E-state index in [1.165, 1.54) is 4.90 Å². The molecule has 1 aliphatic carbocycles. The van der Waals surface area contributed by atoms with Crippen LogP contribution in [0.4, 0.5) is 5.69 Å². The number of fused-ring (bicyclic) bond motifs is 5. The molecule has 0 spiro atoms. The summed E-state index contributed by atoms with van der Waals surface area (Å²) in [6.07, 6.45) is 1.99. The highest BCUT2D eigenvalue weighted by Gasteiger charge is 2.60. The third-order valence-corrected chi connectivity index (χ3v) is 7.54. The van der Waals surface area contributed by atoms with Gasteiger partial charge in [0.15, 0.2) is 0 Å². The number of allylic oxidation sites excluding steroid dienone is 1. The van der Waals surface area contributed by atoms with Crippen molar-refractivity contribution in [2.45, 2.75) is 19.8 Å². The van der Waals surface area contributed by atoms with Crippen LogP contribution in [-0.4, -0.2) is 24.9 Å². The van der Waals surface area contributed by atoms with Crippen molar-refractivity contribution in [3.8, 4) is 11.5 Å². The van der Waals surface area contributed by atoms with Crippen molar-refractivity contribution in [2.75, 3.05) is 12.0 Å². The molecule has 6 nitrogen and oxygen atoms in total. The van der Waals surface area contributed by atoms with Gasteiger partial charge in [0, 0.05) is 11.5 Å². The summed E-state index contributed by atoms with van der Waals surface area (Å²) in [5.41, 5.74) is 4.93. The Balaban J connectivity index is 1.54. The zero-order valence-corrected chi connectivity index (χ0v) is 20.2. The van der Waals surface area contributed by atoms with Gasteiger partial charge in [0.25, 0.3) is 0 Å². The van der Waals surface area contributed by atoms with Gasteiger partial charge in [0.05, 0.1) is 30.6 Å². The highest BCUT2D eigenvalue weighted by atomic mass is 16.5. The molecule has 0 N–H and O–H groups in total. The zero-order valence-electron chi connectivity index (χ0n) is 20.2. The second kappa shape index (κ2) is 8.19. The molecule has 0 bridgehead atoms. The number of esters is 1. The van der Waals surface area contributed by atoms with Crippen molar-refractivity contribution in [2.24, 2.45) is 17.8 Å². The van der Waals surface area contributed by atoms with E-state index in [4.69, 9.17) is 9.47 Å². The number of hydrogen-bond acceptors (Lipinski definition) is 5. The van der Waals surface area contributed by atoms with Crippen LogP contribution >= 0.6 is 0 Å². The van der Waals surface area contributed by atoms with Gasteiger partial charge in [-0.1, -0.05) is 48.0 Å². The number of amides is 2. The van der Waals surface area contributed by atoms with Gasteiger partial charge >= 0.3 is 5.97 Å². The topological polar surface area (TPSA) is 72.9 Å². The molecule has 0 unspecified atom stereocenters. The number of imide groups is 1. The van der Waals surface area contributed by atoms with E-state index in [2.05, 4.69) is 0 Å². The molecule has 4 atom stereocenters. The number of nitrogens with zero attached hydrogens (tertiary/aromatic N) is 1. The third-order valence-electron chi connectivity index (χ3n) is 7.54. The molecule has 3 aromatic rings. The zero-order chi connectivity index (χ0) is 25.1. The molecule has 0 aromatic heterocycles. The van der Waals surface area contributed by atoms with E-state index in [-0.39, 0.29) is 17.7 Å². The molecule has 6 rings (SSSR count). The van der Waals surface area contributed by atoms with Gasteiger partial charge in [-0.25, -0.2) is 4.90 Å². The van der Waals surface area contributed by atoms with Crippen LogP contribution in [0.3, 0.4) is 0 Å². The molecule has 0 saturated carbocycles. The Morgan fingerprint density at radius 3 is 2.17 bits per heavy atom. The van der Waals surface area contributed by atoms with Gasteiger partial charge in [-0.3, -0.25) is 14.4 Å². The molecule has 2 amide bonds. The smallest absolute Gasteiger partial charge is 0.319 e. The van der Waals surface area contributed by atoms with Gasteiger partial charge in [0.1, 0.15) is 11.5 Å². The number of rotatable bonds is 3. The number of ether oxygens (including phenoxy) is 2. The van der Waals surface area contributed by atoms with Crippen molar-refractivity contribution < 1.29 is 23.9 Å². The molecular formula is C30H25NO5. The predicted molar refractivity (Wildman–Crippen MR) is 135 cm³/mol. The molecule has 3 aromatic carbocycles. The van der Waals surface area contributed by atoms with Crippen LogP contribution in [0, 0.1) is 31.6 Å². The van der Waals surface area contributed by atoms with Crippen molar-refractivity contribution in [3.05, 3.63) is 95.1 Å². The molecular weight excluding hydrogens is 454 g/mol. The van der Waals surface area contributed by atoms with Crippen molar-refractivity contribution in [1.29, 1.82) is 0 Å². The Bertz CT molecular complexity index is 1440. The monoisotopic (exact) mass is 479 g/mol. The molecule has 36 heavy (non-hydrogen) atoms. The Hall–Kier alpha value is -4.19. The summed E-state index contributed by atoms with van der Waals surface area (Å²) in [5.74, 6) is -2.77. The number of carbonyl (C=O) groups excluding carboxylic acids is 3. The first kappa shape index (κ1) is 22.3. The highest BCUT2D eigenvalue weighted by Crippen LogP contribution is 2.54. The second-order valence-corrected chi connectivity index (χ2v) is 9.72. The van der Waals surface area contributed by atoms with Gasteiger partial charge in [0.2, 0.25) is 11.8 Å². The molecule has 6 heteroatoms. The quantitative estimate of drug-likeness (QED) is 0.306. The first-order valence-corrected chi connectivity index (χ1v) is 12.0. The standard InChI is InChI=1S/C30H25NO5/c1-16-4-9-19(10-5-16)31-28(32)25-22(18-7-11-20(35-3)12-8-18)15-23-21-13-6-17(2)14-24(21)36-30(34)26(23)27(25)29(31)33/h4-15,22,25-27H,1-3H3/t22-,25-,26-,27-/m0/s1. The first-order chi connectivity index (χ1) is 17.4. The number of hydrogen-bond donors (Lipinski definition) is 0. The molecule has 2 aliphatic heterocycles. The van der Waals surface area contributed by atoms with E-state index in [1.54, 1.807) is 19.2 Å². The summed E-state index contributed by atoms with van der Waals surface area (Å²) >= 11 is 0. The summed E-state index contributed by atoms with van der Waals surface area (Å²) in [7, 11) is 1.60. The number of aryl methyl sites for hydroxylation is 2. The minimum atomic E-state index is -0.854. The SMILES string of the molecule is COc1ccc([C@@H]2C=C3c4ccc(C)cc4OC(=O)[C@@H]3[C@H]3C(=O)N(c4ccc(C)cc4)C(=O)[C@H]32)cc1. The Morgan fingerprint density at radius 2 is 1.47 bits per heavy atom. The molecule has 1 fully saturated rings. The second-order valence-electron chi connectivity index (χ2n) is 9.72. The summed E-state index contributed by atoms with van der Waals surface area (Å²) in [5, 5.41) is 0. The van der Waals surface area contributed by atoms with Crippen LogP contribution in [0.5, 0.6) is 11.5 Å². The van der Waals surface area contributed by atoms with E-state index in [1.807, 2.05) is 74.5 Å². The van der Waals surface area contributed by atoms with Crippen molar-refractivity contribution in [1.82, 2.24) is 0 Å². The van der Waals surface area contributed by atoms with Crippen molar-refractivity contribution in [3.63, 3.8) is 0 Å². The minimum absolute atomic E-state index is 0.299. The lowest BCUT2D eigenvalue weighted by molar-refractivity contribution is -0.142. The maximum absolute atomic E-state index is 13.9. The van der Waals surface area contributed by atoms with E-state index >= 15 is 0 Å². The normalized spacial score (nSPS) is 24.5. The summed E-state index contributed by atoms with van der Waals surface area (Å²) in [6.45, 7) is 3.88. The largest absolute Gasteiger partial charge is 0.497 e. The number of methoxy groups -OCH3 is 1.